The van der Waals surface area contributed by atoms with Crippen molar-refractivity contribution in [2.24, 2.45) is 5.41 Å². The molecular formula is C24H41N5. The van der Waals surface area contributed by atoms with Gasteiger partial charge in [0.05, 0.1) is 0 Å². The van der Waals surface area contributed by atoms with E-state index in [9.17, 15) is 0 Å². The van der Waals surface area contributed by atoms with E-state index in [1.54, 1.807) is 6.08 Å². The van der Waals surface area contributed by atoms with Crippen LogP contribution in [0.1, 0.15) is 26.2 Å². The first-order valence-corrected chi connectivity index (χ1v) is 10.8. The van der Waals surface area contributed by atoms with Crippen LogP contribution >= 0.6 is 0 Å². The molecule has 2 atom stereocenters. The van der Waals surface area contributed by atoms with Crippen molar-refractivity contribution < 1.29 is 0 Å². The molecule has 2 unspecified atom stereocenters. The summed E-state index contributed by atoms with van der Waals surface area (Å²) in [7, 11) is 4.41. The summed E-state index contributed by atoms with van der Waals surface area (Å²) < 4.78 is 0. The van der Waals surface area contributed by atoms with E-state index in [4.69, 9.17) is 0 Å². The Labute approximate surface area is 178 Å². The smallest absolute Gasteiger partial charge is 0.0415 e. The summed E-state index contributed by atoms with van der Waals surface area (Å²) >= 11 is 0. The SMILES string of the molecule is C=C/C=C\C(=C)NNCCC(C)N(C)/C=C(\C=C)CN1CCC2(CCN(C)C2)C1. The topological polar surface area (TPSA) is 33.8 Å². The van der Waals surface area contributed by atoms with Gasteiger partial charge < -0.3 is 15.2 Å². The Morgan fingerprint density at radius 1 is 1.24 bits per heavy atom. The largest absolute Gasteiger partial charge is 0.377 e. The minimum atomic E-state index is 0.435. The van der Waals surface area contributed by atoms with Crippen LogP contribution in [0.15, 0.2) is 61.5 Å². The lowest BCUT2D eigenvalue weighted by molar-refractivity contribution is 0.264. The summed E-state index contributed by atoms with van der Waals surface area (Å²) in [6, 6.07) is 0.435. The number of hydrazine groups is 1. The number of likely N-dealkylation sites (tertiary alicyclic amines) is 2. The minimum absolute atomic E-state index is 0.435. The summed E-state index contributed by atoms with van der Waals surface area (Å²) in [5.41, 5.74) is 8.99. The van der Waals surface area contributed by atoms with E-state index < -0.39 is 0 Å². The summed E-state index contributed by atoms with van der Waals surface area (Å²) in [5, 5.41) is 0. The molecule has 2 saturated heterocycles. The lowest BCUT2D eigenvalue weighted by Gasteiger charge is -2.26. The summed E-state index contributed by atoms with van der Waals surface area (Å²) in [4.78, 5) is 7.40. The lowest BCUT2D eigenvalue weighted by Crippen LogP contribution is -2.35. The Hall–Kier alpha value is -1.82. The molecule has 0 aromatic carbocycles. The standard InChI is InChI=1S/C24H41N5/c1-7-9-10-21(3)26-25-14-11-22(4)28(6)17-23(8-2)18-29-16-13-24(20-29)12-15-27(5)19-24/h7-10,17,22,25-26H,1-3,11-16,18-20H2,4-6H3/b10-9-,23-17+. The van der Waals surface area contributed by atoms with E-state index in [-0.39, 0.29) is 0 Å². The molecule has 162 valence electrons. The maximum Gasteiger partial charge on any atom is 0.0415 e. The van der Waals surface area contributed by atoms with Gasteiger partial charge in [0, 0.05) is 51.2 Å². The Balaban J connectivity index is 1.74. The molecule has 5 nitrogen and oxygen atoms in total. The van der Waals surface area contributed by atoms with Crippen molar-refractivity contribution >= 4 is 0 Å². The van der Waals surface area contributed by atoms with Gasteiger partial charge in [-0.25, -0.2) is 5.43 Å². The zero-order valence-electron chi connectivity index (χ0n) is 18.8. The number of hydrogen-bond acceptors (Lipinski definition) is 5. The van der Waals surface area contributed by atoms with Crippen molar-refractivity contribution in [3.63, 3.8) is 0 Å². The third kappa shape index (κ3) is 7.50. The molecule has 0 saturated carbocycles. The average molecular weight is 400 g/mol. The second-order valence-electron chi connectivity index (χ2n) is 8.83. The van der Waals surface area contributed by atoms with Gasteiger partial charge in [0.1, 0.15) is 0 Å². The third-order valence-electron chi connectivity index (χ3n) is 6.25. The Kier molecular flexibility index (Phi) is 9.21. The van der Waals surface area contributed by atoms with E-state index in [2.05, 4.69) is 72.5 Å². The van der Waals surface area contributed by atoms with E-state index in [1.807, 2.05) is 18.2 Å². The molecule has 0 radical (unpaired) electrons. The summed E-state index contributed by atoms with van der Waals surface area (Å²) in [5.74, 6) is 0. The zero-order chi connectivity index (χ0) is 21.3. The average Bonchev–Trinajstić information content (AvgIpc) is 3.27. The highest BCUT2D eigenvalue weighted by Gasteiger charge is 2.42. The normalized spacial score (nSPS) is 24.3. The molecule has 2 rings (SSSR count). The first kappa shape index (κ1) is 23.5. The maximum atomic E-state index is 4.06. The molecule has 0 aliphatic carbocycles. The highest BCUT2D eigenvalue weighted by molar-refractivity contribution is 5.18. The van der Waals surface area contributed by atoms with Crippen LogP contribution in [0.25, 0.3) is 0 Å². The number of nitrogens with zero attached hydrogens (tertiary/aromatic N) is 3. The minimum Gasteiger partial charge on any atom is -0.377 e. The van der Waals surface area contributed by atoms with Crippen LogP contribution in [0, 0.1) is 5.41 Å². The monoisotopic (exact) mass is 399 g/mol. The molecule has 5 heteroatoms. The molecule has 0 aromatic rings. The Morgan fingerprint density at radius 2 is 2.00 bits per heavy atom. The van der Waals surface area contributed by atoms with Gasteiger partial charge in [-0.05, 0) is 63.4 Å². The lowest BCUT2D eigenvalue weighted by atomic mass is 9.86. The van der Waals surface area contributed by atoms with Gasteiger partial charge in [-0.1, -0.05) is 38.0 Å². The van der Waals surface area contributed by atoms with Crippen LogP contribution in [0.5, 0.6) is 0 Å². The van der Waals surface area contributed by atoms with E-state index >= 15 is 0 Å². The molecule has 0 aromatic heterocycles. The second kappa shape index (κ2) is 11.4. The predicted octanol–water partition coefficient (Wildman–Crippen LogP) is 3.14. The van der Waals surface area contributed by atoms with Gasteiger partial charge in [-0.3, -0.25) is 4.90 Å². The number of rotatable bonds is 12. The quantitative estimate of drug-likeness (QED) is 0.299. The fourth-order valence-electron chi connectivity index (χ4n) is 4.35. The Bertz CT molecular complexity index is 623. The first-order valence-electron chi connectivity index (χ1n) is 10.8. The van der Waals surface area contributed by atoms with Crippen LogP contribution in [0.2, 0.25) is 0 Å². The van der Waals surface area contributed by atoms with Gasteiger partial charge in [-0.15, -0.1) is 0 Å². The van der Waals surface area contributed by atoms with Crippen molar-refractivity contribution in [2.45, 2.75) is 32.2 Å². The van der Waals surface area contributed by atoms with Gasteiger partial charge in [0.15, 0.2) is 0 Å². The van der Waals surface area contributed by atoms with Crippen molar-refractivity contribution in [3.8, 4) is 0 Å². The van der Waals surface area contributed by atoms with E-state index in [1.165, 1.54) is 44.6 Å². The molecule has 0 amide bonds. The predicted molar refractivity (Wildman–Crippen MR) is 125 cm³/mol. The van der Waals surface area contributed by atoms with Crippen LogP contribution in [0.3, 0.4) is 0 Å². The molecule has 2 N–H and O–H groups in total. The molecule has 2 fully saturated rings. The van der Waals surface area contributed by atoms with E-state index in [0.717, 1.165) is 25.2 Å². The van der Waals surface area contributed by atoms with Gasteiger partial charge in [-0.2, -0.15) is 0 Å². The third-order valence-corrected chi connectivity index (χ3v) is 6.25. The molecule has 1 spiro atoms. The van der Waals surface area contributed by atoms with Crippen molar-refractivity contribution in [1.82, 2.24) is 25.6 Å². The second-order valence-corrected chi connectivity index (χ2v) is 8.83. The fourth-order valence-corrected chi connectivity index (χ4v) is 4.35. The van der Waals surface area contributed by atoms with Gasteiger partial charge >= 0.3 is 0 Å². The van der Waals surface area contributed by atoms with Crippen LogP contribution < -0.4 is 10.9 Å². The molecule has 29 heavy (non-hydrogen) atoms. The zero-order valence-corrected chi connectivity index (χ0v) is 18.8. The summed E-state index contributed by atoms with van der Waals surface area (Å²) in [6.07, 6.45) is 13.5. The number of hydrogen-bond donors (Lipinski definition) is 2. The highest BCUT2D eigenvalue weighted by atomic mass is 15.4. The summed E-state index contributed by atoms with van der Waals surface area (Å²) in [6.45, 7) is 20.7. The fraction of sp³-hybridized carbons (Fsp3) is 0.583. The van der Waals surface area contributed by atoms with Crippen LogP contribution in [-0.4, -0.2) is 74.1 Å². The van der Waals surface area contributed by atoms with Crippen molar-refractivity contribution in [3.05, 3.63) is 61.5 Å². The van der Waals surface area contributed by atoms with Gasteiger partial charge in [0.25, 0.3) is 0 Å². The molecule has 0 bridgehead atoms. The molecule has 2 heterocycles. The maximum absolute atomic E-state index is 4.06. The van der Waals surface area contributed by atoms with Crippen molar-refractivity contribution in [2.75, 3.05) is 53.4 Å². The van der Waals surface area contributed by atoms with Crippen LogP contribution in [0.4, 0.5) is 0 Å². The number of nitrogens with one attached hydrogen (secondary N) is 2. The van der Waals surface area contributed by atoms with E-state index in [0.29, 0.717) is 11.5 Å². The van der Waals surface area contributed by atoms with Crippen molar-refractivity contribution in [1.29, 1.82) is 0 Å². The highest BCUT2D eigenvalue weighted by Crippen LogP contribution is 2.39. The molecular weight excluding hydrogens is 358 g/mol. The molecule has 2 aliphatic rings. The van der Waals surface area contributed by atoms with Crippen LogP contribution in [-0.2, 0) is 0 Å². The molecule has 2 aliphatic heterocycles. The number of allylic oxidation sites excluding steroid dienone is 3. The Morgan fingerprint density at radius 3 is 2.66 bits per heavy atom. The van der Waals surface area contributed by atoms with Gasteiger partial charge in [0.2, 0.25) is 0 Å². The first-order chi connectivity index (χ1) is 13.9.